The molecule has 1 aromatic heterocycles. The fourth-order valence-electron chi connectivity index (χ4n) is 2.31. The molecular formula is C18H11F2NO3S. The lowest BCUT2D eigenvalue weighted by molar-refractivity contribution is 0.103. The molecule has 0 amide bonds. The van der Waals surface area contributed by atoms with E-state index in [-0.39, 0.29) is 10.6 Å². The number of carbonyl (C=O) groups excluding carboxylic acids is 1. The highest BCUT2D eigenvalue weighted by atomic mass is 32.1. The molecule has 0 bridgehead atoms. The zero-order valence-electron chi connectivity index (χ0n) is 12.6. The van der Waals surface area contributed by atoms with Crippen molar-refractivity contribution in [2.24, 2.45) is 0 Å². The maximum atomic E-state index is 13.9. The Morgan fingerprint density at radius 3 is 2.48 bits per heavy atom. The van der Waals surface area contributed by atoms with E-state index in [9.17, 15) is 23.8 Å². The second kappa shape index (κ2) is 6.45. The van der Waals surface area contributed by atoms with Crippen LogP contribution >= 0.6 is 11.3 Å². The summed E-state index contributed by atoms with van der Waals surface area (Å²) < 4.78 is 27.7. The molecule has 3 rings (SSSR count). The van der Waals surface area contributed by atoms with Gasteiger partial charge in [0, 0.05) is 16.7 Å². The number of hydrogen-bond acceptors (Lipinski definition) is 5. The summed E-state index contributed by atoms with van der Waals surface area (Å²) in [5.41, 5.74) is 0.153. The molecule has 0 atom stereocenters. The maximum absolute atomic E-state index is 13.9. The molecule has 3 aromatic rings. The van der Waals surface area contributed by atoms with Gasteiger partial charge >= 0.3 is 0 Å². The van der Waals surface area contributed by atoms with Gasteiger partial charge in [0.1, 0.15) is 11.6 Å². The number of hydrogen-bond donors (Lipinski definition) is 3. The second-order valence-corrected chi connectivity index (χ2v) is 6.25. The van der Waals surface area contributed by atoms with Crippen LogP contribution in [0.25, 0.3) is 10.4 Å². The van der Waals surface area contributed by atoms with Crippen LogP contribution in [0, 0.1) is 17.0 Å². The van der Waals surface area contributed by atoms with Gasteiger partial charge in [-0.15, -0.1) is 11.3 Å². The minimum absolute atomic E-state index is 0.0458. The van der Waals surface area contributed by atoms with Crippen molar-refractivity contribution in [3.63, 3.8) is 0 Å². The van der Waals surface area contributed by atoms with Crippen LogP contribution in [0.3, 0.4) is 0 Å². The van der Waals surface area contributed by atoms with Crippen molar-refractivity contribution in [3.8, 4) is 21.9 Å². The van der Waals surface area contributed by atoms with E-state index in [0.717, 1.165) is 29.7 Å². The van der Waals surface area contributed by atoms with Crippen molar-refractivity contribution in [1.29, 1.82) is 5.41 Å². The molecule has 0 saturated carbocycles. The maximum Gasteiger partial charge on any atom is 0.209 e. The highest BCUT2D eigenvalue weighted by Gasteiger charge is 2.23. The molecule has 0 spiro atoms. The zero-order chi connectivity index (χ0) is 18.1. The summed E-state index contributed by atoms with van der Waals surface area (Å²) in [6.07, 6.45) is 0.996. The number of rotatable bonds is 4. The van der Waals surface area contributed by atoms with E-state index in [0.29, 0.717) is 16.0 Å². The Bertz CT molecular complexity index is 998. The third-order valence-electron chi connectivity index (χ3n) is 3.60. The number of nitrogens with one attached hydrogen (secondary N) is 1. The predicted molar refractivity (Wildman–Crippen MR) is 90.8 cm³/mol. The third kappa shape index (κ3) is 3.01. The van der Waals surface area contributed by atoms with Crippen LogP contribution in [0.15, 0.2) is 42.5 Å². The Morgan fingerprint density at radius 1 is 1.04 bits per heavy atom. The van der Waals surface area contributed by atoms with E-state index >= 15 is 0 Å². The summed E-state index contributed by atoms with van der Waals surface area (Å²) >= 11 is 1.02. The van der Waals surface area contributed by atoms with Crippen molar-refractivity contribution in [2.45, 2.75) is 0 Å². The average molecular weight is 359 g/mol. The number of halogens is 2. The number of ketones is 1. The number of carbonyl (C=O) groups is 1. The van der Waals surface area contributed by atoms with Crippen LogP contribution in [0.4, 0.5) is 8.78 Å². The predicted octanol–water partition coefficient (Wildman–Crippen LogP) is 4.33. The Labute approximate surface area is 145 Å². The number of thiophene rings is 1. The fourth-order valence-corrected chi connectivity index (χ4v) is 3.26. The summed E-state index contributed by atoms with van der Waals surface area (Å²) in [5.74, 6) is -4.05. The van der Waals surface area contributed by atoms with Gasteiger partial charge in [-0.1, -0.05) is 0 Å². The summed E-state index contributed by atoms with van der Waals surface area (Å²) in [6.45, 7) is 0. The van der Waals surface area contributed by atoms with E-state index in [1.54, 1.807) is 18.2 Å². The first-order valence-electron chi connectivity index (χ1n) is 7.07. The van der Waals surface area contributed by atoms with Crippen LogP contribution in [-0.4, -0.2) is 22.2 Å². The highest BCUT2D eigenvalue weighted by molar-refractivity contribution is 7.17. The van der Waals surface area contributed by atoms with E-state index in [1.807, 2.05) is 0 Å². The van der Waals surface area contributed by atoms with E-state index < -0.39 is 28.7 Å². The van der Waals surface area contributed by atoms with Crippen LogP contribution < -0.4 is 0 Å². The lowest BCUT2D eigenvalue weighted by Crippen LogP contribution is -2.05. The fraction of sp³-hybridized carbons (Fsp3) is 0. The van der Waals surface area contributed by atoms with Gasteiger partial charge in [-0.3, -0.25) is 4.79 Å². The lowest BCUT2D eigenvalue weighted by Gasteiger charge is -2.04. The lowest BCUT2D eigenvalue weighted by atomic mass is 10.1. The molecular weight excluding hydrogens is 348 g/mol. The molecule has 126 valence electrons. The molecule has 0 saturated heterocycles. The van der Waals surface area contributed by atoms with E-state index in [2.05, 4.69) is 0 Å². The summed E-state index contributed by atoms with van der Waals surface area (Å²) in [6, 6.07) is 9.31. The van der Waals surface area contributed by atoms with Gasteiger partial charge in [-0.25, -0.2) is 8.78 Å². The van der Waals surface area contributed by atoms with Crippen molar-refractivity contribution < 1.29 is 23.8 Å². The number of aromatic hydroxyl groups is 2. The third-order valence-corrected chi connectivity index (χ3v) is 4.73. The summed E-state index contributed by atoms with van der Waals surface area (Å²) in [4.78, 5) is 13.1. The quantitative estimate of drug-likeness (QED) is 0.479. The van der Waals surface area contributed by atoms with Gasteiger partial charge in [-0.05, 0) is 48.0 Å². The topological polar surface area (TPSA) is 81.4 Å². The van der Waals surface area contributed by atoms with Gasteiger partial charge in [0.2, 0.25) is 5.78 Å². The molecule has 1 heterocycles. The highest BCUT2D eigenvalue weighted by Crippen LogP contribution is 2.33. The van der Waals surface area contributed by atoms with E-state index in [4.69, 9.17) is 5.41 Å². The molecule has 25 heavy (non-hydrogen) atoms. The Kier molecular flexibility index (Phi) is 4.33. The van der Waals surface area contributed by atoms with Gasteiger partial charge in [0.25, 0.3) is 0 Å². The normalized spacial score (nSPS) is 10.6. The summed E-state index contributed by atoms with van der Waals surface area (Å²) in [7, 11) is 0. The first-order chi connectivity index (χ1) is 11.9. The smallest absolute Gasteiger partial charge is 0.209 e. The molecule has 0 unspecified atom stereocenters. The minimum Gasteiger partial charge on any atom is -0.507 e. The van der Waals surface area contributed by atoms with Gasteiger partial charge < -0.3 is 15.6 Å². The van der Waals surface area contributed by atoms with Crippen LogP contribution in [0.5, 0.6) is 11.5 Å². The standard InChI is InChI=1S/C18H11F2NO3S/c19-11-2-4-13(23)17(20)16(11)18(24)15-6-5-14(25-15)9-1-3-12(22)10(7-9)8-21/h1-8,21-23H. The van der Waals surface area contributed by atoms with Gasteiger partial charge in [-0.2, -0.15) is 0 Å². The largest absolute Gasteiger partial charge is 0.507 e. The van der Waals surface area contributed by atoms with Gasteiger partial charge in [0.05, 0.1) is 10.4 Å². The molecule has 2 aromatic carbocycles. The summed E-state index contributed by atoms with van der Waals surface area (Å²) in [5, 5.41) is 26.2. The minimum atomic E-state index is -1.30. The van der Waals surface area contributed by atoms with Crippen molar-refractivity contribution >= 4 is 23.3 Å². The van der Waals surface area contributed by atoms with Crippen LogP contribution in [0.2, 0.25) is 0 Å². The second-order valence-electron chi connectivity index (χ2n) is 5.17. The molecule has 0 radical (unpaired) electrons. The number of phenolic OH excluding ortho intramolecular Hbond substituents is 2. The SMILES string of the molecule is N=Cc1cc(-c2ccc(C(=O)c3c(F)ccc(O)c3F)s2)ccc1O. The molecule has 3 N–H and O–H groups in total. The van der Waals surface area contributed by atoms with Crippen LogP contribution in [0.1, 0.15) is 20.8 Å². The Hall–Kier alpha value is -3.06. The van der Waals surface area contributed by atoms with Gasteiger partial charge in [0.15, 0.2) is 11.6 Å². The van der Waals surface area contributed by atoms with Crippen LogP contribution in [-0.2, 0) is 0 Å². The first-order valence-corrected chi connectivity index (χ1v) is 7.89. The number of benzene rings is 2. The molecule has 0 aliphatic rings. The average Bonchev–Trinajstić information content (AvgIpc) is 3.09. The zero-order valence-corrected chi connectivity index (χ0v) is 13.4. The molecule has 0 fully saturated rings. The number of phenols is 2. The first kappa shape index (κ1) is 16.8. The molecule has 4 nitrogen and oxygen atoms in total. The van der Waals surface area contributed by atoms with Crippen molar-refractivity contribution in [2.75, 3.05) is 0 Å². The Morgan fingerprint density at radius 2 is 1.76 bits per heavy atom. The van der Waals surface area contributed by atoms with Crippen molar-refractivity contribution in [1.82, 2.24) is 0 Å². The molecule has 0 aliphatic carbocycles. The molecule has 0 aliphatic heterocycles. The molecule has 7 heteroatoms. The van der Waals surface area contributed by atoms with Crippen molar-refractivity contribution in [3.05, 3.63) is 70.1 Å². The Balaban J connectivity index is 2.01. The van der Waals surface area contributed by atoms with E-state index in [1.165, 1.54) is 12.1 Å². The monoisotopic (exact) mass is 359 g/mol.